The van der Waals surface area contributed by atoms with Crippen molar-refractivity contribution in [3.63, 3.8) is 0 Å². The van der Waals surface area contributed by atoms with Crippen molar-refractivity contribution in [1.82, 2.24) is 0 Å². The van der Waals surface area contributed by atoms with Crippen LogP contribution in [-0.4, -0.2) is 19.6 Å². The number of carbonyl (C=O) groups is 1. The van der Waals surface area contributed by atoms with E-state index in [9.17, 15) is 22.8 Å². The van der Waals surface area contributed by atoms with Gasteiger partial charge >= 0.3 is 6.18 Å². The van der Waals surface area contributed by atoms with E-state index in [1.165, 1.54) is 24.1 Å². The van der Waals surface area contributed by atoms with Crippen molar-refractivity contribution < 1.29 is 27.1 Å². The molecule has 132 valence electrons. The Morgan fingerprint density at radius 2 is 2.08 bits per heavy atom. The monoisotopic (exact) mass is 353 g/mol. The van der Waals surface area contributed by atoms with E-state index in [1.54, 1.807) is 0 Å². The number of alkyl halides is 3. The number of carbonyl (C=O) groups excluding carboxylic acids is 1. The van der Waals surface area contributed by atoms with E-state index < -0.39 is 23.1 Å². The zero-order chi connectivity index (χ0) is 18.2. The summed E-state index contributed by atoms with van der Waals surface area (Å²) in [5.74, 6) is -0.981. The normalized spacial score (nSPS) is 14.2. The maximum Gasteiger partial charge on any atom is 0.416 e. The standard InChI is InChI=1S/C17H14F3NO4/c1-24-15-9-25-14(8-13(15)22)16(23)21-7-3-4-10-11(17(18,19)20)5-2-6-12(10)21/h2,5-6,8-9H,3-4,7H2,1H3. The number of ether oxygens (including phenoxy) is 1. The zero-order valence-corrected chi connectivity index (χ0v) is 13.2. The Morgan fingerprint density at radius 1 is 1.32 bits per heavy atom. The molecule has 0 fully saturated rings. The molecule has 8 heteroatoms. The summed E-state index contributed by atoms with van der Waals surface area (Å²) in [6.07, 6.45) is -2.88. The first-order chi connectivity index (χ1) is 11.8. The van der Waals surface area contributed by atoms with Gasteiger partial charge in [0.25, 0.3) is 5.91 Å². The highest BCUT2D eigenvalue weighted by atomic mass is 19.4. The first kappa shape index (κ1) is 17.1. The second kappa shape index (κ2) is 6.27. The van der Waals surface area contributed by atoms with Gasteiger partial charge in [0.2, 0.25) is 11.2 Å². The molecule has 25 heavy (non-hydrogen) atoms. The van der Waals surface area contributed by atoms with Crippen molar-refractivity contribution >= 4 is 11.6 Å². The topological polar surface area (TPSA) is 59.8 Å². The van der Waals surface area contributed by atoms with Crippen molar-refractivity contribution in [1.29, 1.82) is 0 Å². The Labute approximate surface area is 140 Å². The Hall–Kier alpha value is -2.77. The molecule has 1 aliphatic rings. The smallest absolute Gasteiger partial charge is 0.416 e. The fourth-order valence-electron chi connectivity index (χ4n) is 2.89. The Balaban J connectivity index is 2.02. The van der Waals surface area contributed by atoms with Gasteiger partial charge in [-0.1, -0.05) is 6.07 Å². The molecule has 0 unspecified atom stereocenters. The third-order valence-electron chi connectivity index (χ3n) is 4.03. The maximum atomic E-state index is 13.2. The number of fused-ring (bicyclic) bond motifs is 1. The lowest BCUT2D eigenvalue weighted by atomic mass is 9.95. The van der Waals surface area contributed by atoms with Crippen LogP contribution in [0.25, 0.3) is 0 Å². The second-order valence-corrected chi connectivity index (χ2v) is 5.54. The van der Waals surface area contributed by atoms with E-state index in [0.29, 0.717) is 6.42 Å². The summed E-state index contributed by atoms with van der Waals surface area (Å²) in [6, 6.07) is 4.70. The van der Waals surface area contributed by atoms with Gasteiger partial charge in [0.05, 0.1) is 12.7 Å². The van der Waals surface area contributed by atoms with E-state index in [4.69, 9.17) is 9.15 Å². The van der Waals surface area contributed by atoms with Gasteiger partial charge in [-0.25, -0.2) is 0 Å². The van der Waals surface area contributed by atoms with Gasteiger partial charge in [0, 0.05) is 18.3 Å². The van der Waals surface area contributed by atoms with Crippen molar-refractivity contribution in [3.05, 3.63) is 57.6 Å². The summed E-state index contributed by atoms with van der Waals surface area (Å²) < 4.78 is 49.5. The number of nitrogens with zero attached hydrogens (tertiary/aromatic N) is 1. The Morgan fingerprint density at radius 3 is 2.72 bits per heavy atom. The van der Waals surface area contributed by atoms with Crippen LogP contribution in [0.15, 0.2) is 39.7 Å². The van der Waals surface area contributed by atoms with E-state index in [1.807, 2.05) is 0 Å². The molecular formula is C17H14F3NO4. The number of anilines is 1. The van der Waals surface area contributed by atoms with Gasteiger partial charge in [-0.2, -0.15) is 13.2 Å². The van der Waals surface area contributed by atoms with Gasteiger partial charge in [0.15, 0.2) is 5.76 Å². The summed E-state index contributed by atoms with van der Waals surface area (Å²) in [5, 5.41) is 0. The molecule has 0 aliphatic carbocycles. The van der Waals surface area contributed by atoms with Crippen LogP contribution in [0.1, 0.15) is 28.1 Å². The summed E-state index contributed by atoms with van der Waals surface area (Å²) >= 11 is 0. The molecule has 1 aromatic heterocycles. The van der Waals surface area contributed by atoms with Crippen LogP contribution < -0.4 is 15.1 Å². The van der Waals surface area contributed by atoms with Crippen LogP contribution in [0, 0.1) is 0 Å². The lowest BCUT2D eigenvalue weighted by molar-refractivity contribution is -0.138. The Bertz CT molecular complexity index is 873. The van der Waals surface area contributed by atoms with Crippen LogP contribution in [0.5, 0.6) is 5.75 Å². The predicted molar refractivity (Wildman–Crippen MR) is 83.0 cm³/mol. The van der Waals surface area contributed by atoms with Gasteiger partial charge < -0.3 is 14.1 Å². The highest BCUT2D eigenvalue weighted by Crippen LogP contribution is 2.39. The number of halogens is 3. The quantitative estimate of drug-likeness (QED) is 0.832. The summed E-state index contributed by atoms with van der Waals surface area (Å²) in [5.41, 5.74) is -1.04. The molecular weight excluding hydrogens is 339 g/mol. The first-order valence-corrected chi connectivity index (χ1v) is 7.50. The molecule has 0 saturated carbocycles. The molecule has 1 aliphatic heterocycles. The van der Waals surface area contributed by atoms with Crippen molar-refractivity contribution in [2.75, 3.05) is 18.6 Å². The number of hydrogen-bond acceptors (Lipinski definition) is 4. The van der Waals surface area contributed by atoms with Crippen LogP contribution in [0.3, 0.4) is 0 Å². The molecule has 0 radical (unpaired) electrons. The molecule has 5 nitrogen and oxygen atoms in total. The largest absolute Gasteiger partial charge is 0.490 e. The SMILES string of the molecule is COc1coc(C(=O)N2CCCc3c2cccc3C(F)(F)F)cc1=O. The van der Waals surface area contributed by atoms with Crippen molar-refractivity contribution in [3.8, 4) is 5.75 Å². The summed E-state index contributed by atoms with van der Waals surface area (Å²) in [4.78, 5) is 25.6. The van der Waals surface area contributed by atoms with Gasteiger partial charge in [-0.05, 0) is 30.5 Å². The number of methoxy groups -OCH3 is 1. The second-order valence-electron chi connectivity index (χ2n) is 5.54. The van der Waals surface area contributed by atoms with E-state index in [2.05, 4.69) is 0 Å². The third-order valence-corrected chi connectivity index (χ3v) is 4.03. The third kappa shape index (κ3) is 3.11. The molecule has 3 rings (SSSR count). The average Bonchev–Trinajstić information content (AvgIpc) is 2.59. The first-order valence-electron chi connectivity index (χ1n) is 7.50. The average molecular weight is 353 g/mol. The number of rotatable bonds is 2. The van der Waals surface area contributed by atoms with Crippen molar-refractivity contribution in [2.45, 2.75) is 19.0 Å². The maximum absolute atomic E-state index is 13.2. The molecule has 0 spiro atoms. The molecule has 0 bridgehead atoms. The van der Waals surface area contributed by atoms with Gasteiger partial charge in [-0.3, -0.25) is 9.59 Å². The Kier molecular flexibility index (Phi) is 4.28. The van der Waals surface area contributed by atoms with Crippen LogP contribution in [-0.2, 0) is 12.6 Å². The van der Waals surface area contributed by atoms with Gasteiger partial charge in [-0.15, -0.1) is 0 Å². The predicted octanol–water partition coefficient (Wildman–Crippen LogP) is 3.26. The van der Waals surface area contributed by atoms with Gasteiger partial charge in [0.1, 0.15) is 6.26 Å². The molecule has 0 atom stereocenters. The number of hydrogen-bond donors (Lipinski definition) is 0. The summed E-state index contributed by atoms with van der Waals surface area (Å²) in [6.45, 7) is 0.239. The van der Waals surface area contributed by atoms with E-state index in [0.717, 1.165) is 18.4 Å². The molecule has 0 N–H and O–H groups in total. The minimum atomic E-state index is -4.50. The molecule has 1 aromatic carbocycles. The minimum Gasteiger partial charge on any atom is -0.490 e. The van der Waals surface area contributed by atoms with Crippen LogP contribution in [0.4, 0.5) is 18.9 Å². The van der Waals surface area contributed by atoms with E-state index in [-0.39, 0.29) is 35.7 Å². The fourth-order valence-corrected chi connectivity index (χ4v) is 2.89. The van der Waals surface area contributed by atoms with Crippen LogP contribution >= 0.6 is 0 Å². The summed E-state index contributed by atoms with van der Waals surface area (Å²) in [7, 11) is 1.29. The van der Waals surface area contributed by atoms with Crippen molar-refractivity contribution in [2.24, 2.45) is 0 Å². The molecule has 2 aromatic rings. The van der Waals surface area contributed by atoms with Crippen LogP contribution in [0.2, 0.25) is 0 Å². The van der Waals surface area contributed by atoms with E-state index >= 15 is 0 Å². The molecule has 0 saturated heterocycles. The lowest BCUT2D eigenvalue weighted by Gasteiger charge is -2.30. The lowest BCUT2D eigenvalue weighted by Crippen LogP contribution is -2.36. The number of benzene rings is 1. The molecule has 2 heterocycles. The minimum absolute atomic E-state index is 0.0602. The zero-order valence-electron chi connectivity index (χ0n) is 13.2. The highest BCUT2D eigenvalue weighted by Gasteiger charge is 2.37. The highest BCUT2D eigenvalue weighted by molar-refractivity contribution is 6.05. The molecule has 1 amide bonds. The number of amides is 1. The fraction of sp³-hybridized carbons (Fsp3) is 0.294.